The van der Waals surface area contributed by atoms with E-state index in [1.807, 2.05) is 24.5 Å². The van der Waals surface area contributed by atoms with Gasteiger partial charge in [-0.05, 0) is 37.7 Å². The molecule has 1 aliphatic carbocycles. The summed E-state index contributed by atoms with van der Waals surface area (Å²) in [6.07, 6.45) is 9.99. The fraction of sp³-hybridized carbons (Fsp3) is 0.526. The van der Waals surface area contributed by atoms with Crippen LogP contribution in [0.5, 0.6) is 5.88 Å². The smallest absolute Gasteiger partial charge is 0.213 e. The summed E-state index contributed by atoms with van der Waals surface area (Å²) in [5, 5.41) is 7.67. The average Bonchev–Trinajstić information content (AvgIpc) is 3.35. The summed E-state index contributed by atoms with van der Waals surface area (Å²) in [5.74, 6) is 1.48. The number of aromatic nitrogens is 2. The highest BCUT2D eigenvalue weighted by atomic mass is 32.1. The van der Waals surface area contributed by atoms with E-state index in [1.165, 1.54) is 17.7 Å². The van der Waals surface area contributed by atoms with Crippen molar-refractivity contribution in [2.24, 2.45) is 4.99 Å². The highest BCUT2D eigenvalue weighted by Crippen LogP contribution is 2.22. The fourth-order valence-corrected chi connectivity index (χ4v) is 3.72. The van der Waals surface area contributed by atoms with Crippen LogP contribution in [0.2, 0.25) is 0 Å². The van der Waals surface area contributed by atoms with E-state index in [2.05, 4.69) is 32.5 Å². The first-order valence-electron chi connectivity index (χ1n) is 9.26. The van der Waals surface area contributed by atoms with E-state index < -0.39 is 0 Å². The Morgan fingerprint density at radius 2 is 2.00 bits per heavy atom. The largest absolute Gasteiger partial charge is 0.474 e. The van der Waals surface area contributed by atoms with E-state index in [0.29, 0.717) is 19.2 Å². The fourth-order valence-electron chi connectivity index (χ4n) is 2.92. The number of aliphatic imine (C=N–C) groups is 1. The van der Waals surface area contributed by atoms with Crippen LogP contribution >= 0.6 is 11.3 Å². The van der Waals surface area contributed by atoms with Crippen molar-refractivity contribution in [2.45, 2.75) is 58.2 Å². The van der Waals surface area contributed by atoms with Crippen LogP contribution in [0, 0.1) is 0 Å². The number of nitrogens with zero attached hydrogens (tertiary/aromatic N) is 3. The van der Waals surface area contributed by atoms with Crippen molar-refractivity contribution in [3.63, 3.8) is 0 Å². The third-order valence-corrected chi connectivity index (χ3v) is 5.57. The summed E-state index contributed by atoms with van der Waals surface area (Å²) >= 11 is 1.73. The highest BCUT2D eigenvalue weighted by Gasteiger charge is 2.16. The number of guanidine groups is 1. The Balaban J connectivity index is 1.44. The molecule has 1 saturated carbocycles. The van der Waals surface area contributed by atoms with Gasteiger partial charge in [0.1, 0.15) is 11.1 Å². The van der Waals surface area contributed by atoms with Crippen molar-refractivity contribution >= 4 is 17.3 Å². The second-order valence-electron chi connectivity index (χ2n) is 6.38. The number of thiazole rings is 1. The summed E-state index contributed by atoms with van der Waals surface area (Å²) in [7, 11) is 1.77. The van der Waals surface area contributed by atoms with Crippen LogP contribution in [0.25, 0.3) is 0 Å². The molecule has 6 nitrogen and oxygen atoms in total. The molecule has 0 bridgehead atoms. The molecule has 2 aromatic rings. The molecule has 0 radical (unpaired) electrons. The van der Waals surface area contributed by atoms with Crippen LogP contribution in [0.4, 0.5) is 0 Å². The first-order valence-corrected chi connectivity index (χ1v) is 10.1. The third-order valence-electron chi connectivity index (χ3n) is 4.43. The molecule has 0 atom stereocenters. The molecule has 0 saturated heterocycles. The van der Waals surface area contributed by atoms with Gasteiger partial charge < -0.3 is 15.4 Å². The monoisotopic (exact) mass is 373 g/mol. The Morgan fingerprint density at radius 3 is 2.65 bits per heavy atom. The number of nitrogens with one attached hydrogen (secondary N) is 2. The molecule has 0 aromatic carbocycles. The lowest BCUT2D eigenvalue weighted by Gasteiger charge is -2.13. The zero-order chi connectivity index (χ0) is 18.2. The van der Waals surface area contributed by atoms with Crippen LogP contribution in [0.15, 0.2) is 29.5 Å². The normalized spacial score (nSPS) is 15.2. The molecule has 2 aromatic heterocycles. The second-order valence-corrected chi connectivity index (χ2v) is 7.58. The number of hydrogen-bond donors (Lipinski definition) is 2. The van der Waals surface area contributed by atoms with Gasteiger partial charge in [-0.1, -0.05) is 13.0 Å². The lowest BCUT2D eigenvalue weighted by Crippen LogP contribution is -2.36. The number of rotatable bonds is 7. The van der Waals surface area contributed by atoms with Gasteiger partial charge in [-0.3, -0.25) is 4.99 Å². The molecule has 0 spiro atoms. The SMILES string of the molecule is CCc1cnc(CNC(=NC)NCc2ccc(OC3CCCC3)nc2)s1. The Labute approximate surface area is 159 Å². The van der Waals surface area contributed by atoms with Crippen LogP contribution in [-0.2, 0) is 19.5 Å². The van der Waals surface area contributed by atoms with Crippen molar-refractivity contribution in [3.05, 3.63) is 40.0 Å². The minimum absolute atomic E-state index is 0.341. The average molecular weight is 374 g/mol. The molecule has 0 aliphatic heterocycles. The zero-order valence-corrected chi connectivity index (χ0v) is 16.3. The number of aryl methyl sites for hydroxylation is 1. The van der Waals surface area contributed by atoms with Crippen LogP contribution in [0.1, 0.15) is 48.1 Å². The molecule has 2 heterocycles. The standard InChI is InChI=1S/C19H27N5OS/c1-3-16-12-22-18(26-16)13-24-19(20-2)23-11-14-8-9-17(21-10-14)25-15-6-4-5-7-15/h8-10,12,15H,3-7,11,13H2,1-2H3,(H2,20,23,24). The van der Waals surface area contributed by atoms with Gasteiger partial charge in [-0.2, -0.15) is 0 Å². The van der Waals surface area contributed by atoms with Crippen LogP contribution < -0.4 is 15.4 Å². The second kappa shape index (κ2) is 9.52. The van der Waals surface area contributed by atoms with Gasteiger partial charge in [0.25, 0.3) is 0 Å². The molecule has 3 rings (SSSR count). The molecule has 1 fully saturated rings. The number of pyridine rings is 1. The van der Waals surface area contributed by atoms with Crippen LogP contribution in [0.3, 0.4) is 0 Å². The number of hydrogen-bond acceptors (Lipinski definition) is 5. The Morgan fingerprint density at radius 1 is 1.19 bits per heavy atom. The molecular weight excluding hydrogens is 346 g/mol. The molecule has 2 N–H and O–H groups in total. The van der Waals surface area contributed by atoms with Crippen LogP contribution in [-0.4, -0.2) is 29.1 Å². The highest BCUT2D eigenvalue weighted by molar-refractivity contribution is 7.11. The predicted molar refractivity (Wildman–Crippen MR) is 106 cm³/mol. The molecular formula is C19H27N5OS. The summed E-state index contributed by atoms with van der Waals surface area (Å²) < 4.78 is 5.90. The number of ether oxygens (including phenoxy) is 1. The van der Waals surface area contributed by atoms with E-state index in [-0.39, 0.29) is 0 Å². The Bertz CT molecular complexity index is 707. The predicted octanol–water partition coefficient (Wildman–Crippen LogP) is 3.29. The summed E-state index contributed by atoms with van der Waals surface area (Å²) in [6, 6.07) is 4.00. The van der Waals surface area contributed by atoms with Gasteiger partial charge >= 0.3 is 0 Å². The van der Waals surface area contributed by atoms with E-state index in [4.69, 9.17) is 4.74 Å². The summed E-state index contributed by atoms with van der Waals surface area (Å²) in [5.41, 5.74) is 1.09. The van der Waals surface area contributed by atoms with Gasteiger partial charge in [0.05, 0.1) is 6.54 Å². The van der Waals surface area contributed by atoms with E-state index in [9.17, 15) is 0 Å². The van der Waals surface area contributed by atoms with Crippen molar-refractivity contribution in [3.8, 4) is 5.88 Å². The Hall–Kier alpha value is -2.15. The zero-order valence-electron chi connectivity index (χ0n) is 15.5. The van der Waals surface area contributed by atoms with Gasteiger partial charge in [-0.25, -0.2) is 9.97 Å². The summed E-state index contributed by atoms with van der Waals surface area (Å²) in [6.45, 7) is 3.48. The van der Waals surface area contributed by atoms with Crippen molar-refractivity contribution in [1.82, 2.24) is 20.6 Å². The van der Waals surface area contributed by atoms with Gasteiger partial charge in [0.2, 0.25) is 5.88 Å². The maximum atomic E-state index is 5.90. The van der Waals surface area contributed by atoms with E-state index in [0.717, 1.165) is 41.7 Å². The lowest BCUT2D eigenvalue weighted by molar-refractivity contribution is 0.201. The lowest BCUT2D eigenvalue weighted by atomic mass is 10.3. The quantitative estimate of drug-likeness (QED) is 0.576. The topological polar surface area (TPSA) is 71.4 Å². The molecule has 7 heteroatoms. The molecule has 140 valence electrons. The minimum atomic E-state index is 0.341. The minimum Gasteiger partial charge on any atom is -0.474 e. The third kappa shape index (κ3) is 5.42. The van der Waals surface area contributed by atoms with Gasteiger partial charge in [0.15, 0.2) is 5.96 Å². The summed E-state index contributed by atoms with van der Waals surface area (Å²) in [4.78, 5) is 14.4. The van der Waals surface area contributed by atoms with Gasteiger partial charge in [0, 0.05) is 36.9 Å². The van der Waals surface area contributed by atoms with Crippen molar-refractivity contribution in [2.75, 3.05) is 7.05 Å². The Kier molecular flexibility index (Phi) is 6.82. The van der Waals surface area contributed by atoms with E-state index in [1.54, 1.807) is 18.4 Å². The van der Waals surface area contributed by atoms with Crippen molar-refractivity contribution in [1.29, 1.82) is 0 Å². The van der Waals surface area contributed by atoms with Gasteiger partial charge in [-0.15, -0.1) is 11.3 Å². The molecule has 26 heavy (non-hydrogen) atoms. The maximum absolute atomic E-state index is 5.90. The molecule has 0 amide bonds. The molecule has 0 unspecified atom stereocenters. The first-order chi connectivity index (χ1) is 12.8. The molecule has 1 aliphatic rings. The van der Waals surface area contributed by atoms with E-state index >= 15 is 0 Å². The maximum Gasteiger partial charge on any atom is 0.213 e. The van der Waals surface area contributed by atoms with Crippen molar-refractivity contribution < 1.29 is 4.74 Å². The first kappa shape index (κ1) is 18.6.